The first kappa shape index (κ1) is 19.1. The maximum atomic E-state index is 12.7. The molecule has 7 heteroatoms. The fourth-order valence-electron chi connectivity index (χ4n) is 3.10. The molecular weight excluding hydrogens is 384 g/mol. The number of hydrogen-bond acceptors (Lipinski definition) is 5. The fraction of sp³-hybridized carbons (Fsp3) is 0.0435. The number of hydrogen-bond donors (Lipinski definition) is 3. The van der Waals surface area contributed by atoms with Crippen LogP contribution in [0.15, 0.2) is 77.6 Å². The van der Waals surface area contributed by atoms with Crippen molar-refractivity contribution >= 4 is 22.5 Å². The van der Waals surface area contributed by atoms with Crippen molar-refractivity contribution in [3.8, 4) is 23.0 Å². The third-order valence-electron chi connectivity index (χ3n) is 4.51. The largest absolute Gasteiger partial charge is 0.506 e. The zero-order valence-corrected chi connectivity index (χ0v) is 16.0. The number of carbonyl (C=O) groups excluding carboxylic acids is 1. The number of methoxy groups -OCH3 is 1. The summed E-state index contributed by atoms with van der Waals surface area (Å²) in [5, 5.41) is 13.5. The van der Waals surface area contributed by atoms with Gasteiger partial charge in [-0.1, -0.05) is 24.3 Å². The molecule has 0 aliphatic heterocycles. The van der Waals surface area contributed by atoms with Gasteiger partial charge >= 0.3 is 0 Å². The Balaban J connectivity index is 1.59. The summed E-state index contributed by atoms with van der Waals surface area (Å²) in [6.45, 7) is 0. The number of para-hydroxylation sites is 1. The van der Waals surface area contributed by atoms with Gasteiger partial charge in [0.2, 0.25) is 0 Å². The van der Waals surface area contributed by atoms with Crippen molar-refractivity contribution in [3.63, 3.8) is 0 Å². The number of pyridine rings is 1. The monoisotopic (exact) mass is 402 g/mol. The molecule has 4 rings (SSSR count). The first-order valence-corrected chi connectivity index (χ1v) is 9.13. The van der Waals surface area contributed by atoms with Crippen LogP contribution in [0.25, 0.3) is 10.9 Å². The Kier molecular flexibility index (Phi) is 5.09. The van der Waals surface area contributed by atoms with E-state index in [9.17, 15) is 14.7 Å². The summed E-state index contributed by atoms with van der Waals surface area (Å²) in [4.78, 5) is 27.7. The van der Waals surface area contributed by atoms with Crippen LogP contribution in [-0.2, 0) is 0 Å². The zero-order valence-electron chi connectivity index (χ0n) is 16.0. The minimum Gasteiger partial charge on any atom is -0.506 e. The minimum atomic E-state index is -0.738. The van der Waals surface area contributed by atoms with Gasteiger partial charge in [-0.05, 0) is 48.5 Å². The number of nitrogens with one attached hydrogen (secondary N) is 2. The summed E-state index contributed by atoms with van der Waals surface area (Å²) in [5.41, 5.74) is -0.276. The maximum Gasteiger partial charge on any atom is 0.265 e. The summed E-state index contributed by atoms with van der Waals surface area (Å²) in [7, 11) is 1.44. The van der Waals surface area contributed by atoms with E-state index < -0.39 is 22.8 Å². The Hall–Kier alpha value is -4.26. The van der Waals surface area contributed by atoms with Crippen LogP contribution < -0.4 is 20.3 Å². The van der Waals surface area contributed by atoms with Crippen LogP contribution in [0, 0.1) is 0 Å². The highest BCUT2D eigenvalue weighted by molar-refractivity contribution is 6.09. The SMILES string of the molecule is COc1cccc2[nH]c(=O)c(C(=O)Nc3ccc(Oc4ccccc4)cc3)c(O)c12. The number of fused-ring (bicyclic) bond motifs is 1. The Morgan fingerprint density at radius 2 is 1.63 bits per heavy atom. The van der Waals surface area contributed by atoms with Crippen molar-refractivity contribution in [1.82, 2.24) is 4.98 Å². The fourth-order valence-corrected chi connectivity index (χ4v) is 3.10. The van der Waals surface area contributed by atoms with Crippen molar-refractivity contribution in [2.75, 3.05) is 12.4 Å². The van der Waals surface area contributed by atoms with E-state index in [0.717, 1.165) is 0 Å². The molecule has 30 heavy (non-hydrogen) atoms. The number of aromatic nitrogens is 1. The first-order chi connectivity index (χ1) is 14.6. The van der Waals surface area contributed by atoms with Gasteiger partial charge in [0.15, 0.2) is 0 Å². The van der Waals surface area contributed by atoms with E-state index in [-0.39, 0.29) is 5.39 Å². The van der Waals surface area contributed by atoms with Gasteiger partial charge in [0, 0.05) is 5.69 Å². The minimum absolute atomic E-state index is 0.261. The maximum absolute atomic E-state index is 12.7. The number of ether oxygens (including phenoxy) is 2. The quantitative estimate of drug-likeness (QED) is 0.462. The number of amides is 1. The van der Waals surface area contributed by atoms with E-state index in [1.807, 2.05) is 30.3 Å². The summed E-state index contributed by atoms with van der Waals surface area (Å²) in [5.74, 6) is 0.454. The normalized spacial score (nSPS) is 10.6. The molecule has 0 spiro atoms. The standard InChI is InChI=1S/C23H18N2O5/c1-29-18-9-5-8-17-19(18)21(26)20(23(28)25-17)22(27)24-14-10-12-16(13-11-14)30-15-6-3-2-4-7-15/h2-13H,1H3,(H,24,27)(H2,25,26,28). The molecule has 3 N–H and O–H groups in total. The highest BCUT2D eigenvalue weighted by Gasteiger charge is 2.21. The molecule has 0 fully saturated rings. The lowest BCUT2D eigenvalue weighted by Crippen LogP contribution is -2.23. The molecule has 0 atom stereocenters. The van der Waals surface area contributed by atoms with E-state index >= 15 is 0 Å². The molecule has 0 aliphatic carbocycles. The van der Waals surface area contributed by atoms with Crippen LogP contribution in [0.3, 0.4) is 0 Å². The summed E-state index contributed by atoms with van der Waals surface area (Å²) >= 11 is 0. The molecule has 3 aromatic carbocycles. The van der Waals surface area contributed by atoms with Crippen LogP contribution in [-0.4, -0.2) is 23.1 Å². The van der Waals surface area contributed by atoms with E-state index in [1.165, 1.54) is 7.11 Å². The van der Waals surface area contributed by atoms with Gasteiger partial charge in [-0.25, -0.2) is 0 Å². The molecule has 0 bridgehead atoms. The molecule has 0 aliphatic rings. The van der Waals surface area contributed by atoms with Crippen molar-refractivity contribution < 1.29 is 19.4 Å². The van der Waals surface area contributed by atoms with Crippen LogP contribution in [0.1, 0.15) is 10.4 Å². The number of aromatic amines is 1. The number of rotatable bonds is 5. The lowest BCUT2D eigenvalue weighted by Gasteiger charge is -2.11. The number of anilines is 1. The van der Waals surface area contributed by atoms with Gasteiger partial charge < -0.3 is 24.9 Å². The third-order valence-corrected chi connectivity index (χ3v) is 4.51. The topological polar surface area (TPSA) is 101 Å². The number of carbonyl (C=O) groups is 1. The highest BCUT2D eigenvalue weighted by Crippen LogP contribution is 2.33. The average molecular weight is 402 g/mol. The second kappa shape index (κ2) is 8.00. The first-order valence-electron chi connectivity index (χ1n) is 9.13. The van der Waals surface area contributed by atoms with Crippen LogP contribution >= 0.6 is 0 Å². The molecule has 4 aromatic rings. The highest BCUT2D eigenvalue weighted by atomic mass is 16.5. The number of aromatic hydroxyl groups is 1. The van der Waals surface area contributed by atoms with Crippen LogP contribution in [0.4, 0.5) is 5.69 Å². The molecular formula is C23H18N2O5. The van der Waals surface area contributed by atoms with E-state index in [1.54, 1.807) is 42.5 Å². The summed E-state index contributed by atoms with van der Waals surface area (Å²) in [6, 6.07) is 20.9. The third kappa shape index (κ3) is 3.68. The van der Waals surface area contributed by atoms with Crippen LogP contribution in [0.2, 0.25) is 0 Å². The lowest BCUT2D eigenvalue weighted by atomic mass is 10.1. The predicted molar refractivity (Wildman–Crippen MR) is 114 cm³/mol. The molecule has 1 heterocycles. The second-order valence-electron chi connectivity index (χ2n) is 6.45. The molecule has 0 saturated heterocycles. The molecule has 150 valence electrons. The van der Waals surface area contributed by atoms with E-state index in [4.69, 9.17) is 9.47 Å². The average Bonchev–Trinajstić information content (AvgIpc) is 2.75. The van der Waals surface area contributed by atoms with Gasteiger partial charge in [0.05, 0.1) is 18.0 Å². The van der Waals surface area contributed by atoms with Gasteiger partial charge in [0.25, 0.3) is 11.5 Å². The Morgan fingerprint density at radius 1 is 0.933 bits per heavy atom. The summed E-state index contributed by atoms with van der Waals surface area (Å²) < 4.78 is 10.9. The molecule has 0 unspecified atom stereocenters. The lowest BCUT2D eigenvalue weighted by molar-refractivity contribution is 0.102. The molecule has 1 amide bonds. The van der Waals surface area contributed by atoms with Crippen LogP contribution in [0.5, 0.6) is 23.0 Å². The Labute approximate surface area is 171 Å². The molecule has 0 radical (unpaired) electrons. The smallest absolute Gasteiger partial charge is 0.265 e. The van der Waals surface area contributed by atoms with Gasteiger partial charge in [0.1, 0.15) is 28.6 Å². The van der Waals surface area contributed by atoms with E-state index in [0.29, 0.717) is 28.5 Å². The Morgan fingerprint density at radius 3 is 2.33 bits per heavy atom. The van der Waals surface area contributed by atoms with Gasteiger partial charge in [-0.2, -0.15) is 0 Å². The number of H-pyrrole nitrogens is 1. The second-order valence-corrected chi connectivity index (χ2v) is 6.45. The molecule has 1 aromatic heterocycles. The van der Waals surface area contributed by atoms with Crippen molar-refractivity contribution in [2.45, 2.75) is 0 Å². The number of benzene rings is 3. The van der Waals surface area contributed by atoms with Crippen molar-refractivity contribution in [3.05, 3.63) is 88.7 Å². The zero-order chi connectivity index (χ0) is 21.1. The predicted octanol–water partition coefficient (Wildman–Crippen LogP) is 4.29. The Bertz CT molecular complexity index is 1260. The van der Waals surface area contributed by atoms with Crippen molar-refractivity contribution in [2.24, 2.45) is 0 Å². The van der Waals surface area contributed by atoms with Crippen molar-refractivity contribution in [1.29, 1.82) is 0 Å². The van der Waals surface area contributed by atoms with E-state index in [2.05, 4.69) is 10.3 Å². The molecule has 7 nitrogen and oxygen atoms in total. The molecule has 0 saturated carbocycles. The summed E-state index contributed by atoms with van der Waals surface area (Å²) in [6.07, 6.45) is 0. The van der Waals surface area contributed by atoms with Gasteiger partial charge in [-0.15, -0.1) is 0 Å². The van der Waals surface area contributed by atoms with Gasteiger partial charge in [-0.3, -0.25) is 9.59 Å².